The Bertz CT molecular complexity index is 2600. The van der Waals surface area contributed by atoms with E-state index in [1.807, 2.05) is 12.1 Å². The van der Waals surface area contributed by atoms with Gasteiger partial charge in [-0.15, -0.1) is 0 Å². The van der Waals surface area contributed by atoms with E-state index in [0.29, 0.717) is 0 Å². The van der Waals surface area contributed by atoms with Crippen LogP contribution in [0.1, 0.15) is 16.7 Å². The number of aryl methyl sites for hydroxylation is 3. The van der Waals surface area contributed by atoms with E-state index in [2.05, 4.69) is 170 Å². The van der Waals surface area contributed by atoms with Gasteiger partial charge in [-0.05, 0) is 105 Å². The van der Waals surface area contributed by atoms with Crippen LogP contribution in [0.25, 0.3) is 60.6 Å². The Labute approximate surface area is 279 Å². The van der Waals surface area contributed by atoms with E-state index in [1.54, 1.807) is 0 Å². The van der Waals surface area contributed by atoms with Crippen molar-refractivity contribution >= 4 is 60.8 Å². The van der Waals surface area contributed by atoms with Gasteiger partial charge >= 0.3 is 0 Å². The number of rotatable bonds is 5. The summed E-state index contributed by atoms with van der Waals surface area (Å²) in [6.45, 7) is 6.47. The first-order chi connectivity index (χ1) is 23.5. The molecule has 48 heavy (non-hydrogen) atoms. The Hall–Kier alpha value is -6.06. The lowest BCUT2D eigenvalue weighted by molar-refractivity contribution is 0.669. The topological polar surface area (TPSA) is 21.3 Å². The number of hydrogen-bond acceptors (Lipinski definition) is 2. The molecule has 0 saturated carbocycles. The fourth-order valence-corrected chi connectivity index (χ4v) is 7.23. The molecule has 0 spiro atoms. The van der Waals surface area contributed by atoms with Crippen molar-refractivity contribution in [1.82, 2.24) is 4.57 Å². The summed E-state index contributed by atoms with van der Waals surface area (Å²) in [6, 6.07) is 54.8. The third-order valence-electron chi connectivity index (χ3n) is 9.55. The maximum atomic E-state index is 6.19. The normalized spacial score (nSPS) is 11.6. The Morgan fingerprint density at radius 1 is 0.438 bits per heavy atom. The number of fused-ring (bicyclic) bond motifs is 6. The highest BCUT2D eigenvalue weighted by molar-refractivity contribution is 6.10. The molecule has 0 saturated heterocycles. The van der Waals surface area contributed by atoms with Crippen LogP contribution in [-0.2, 0) is 0 Å². The summed E-state index contributed by atoms with van der Waals surface area (Å²) in [7, 11) is 0. The van der Waals surface area contributed by atoms with Crippen LogP contribution in [0.4, 0.5) is 17.1 Å². The molecule has 0 atom stereocenters. The van der Waals surface area contributed by atoms with E-state index in [1.165, 1.54) is 44.1 Å². The van der Waals surface area contributed by atoms with Crippen LogP contribution in [0.5, 0.6) is 0 Å². The van der Waals surface area contributed by atoms with Crippen LogP contribution in [0, 0.1) is 20.8 Å². The quantitative estimate of drug-likeness (QED) is 0.191. The molecule has 0 aliphatic carbocycles. The third kappa shape index (κ3) is 4.58. The summed E-state index contributed by atoms with van der Waals surface area (Å²) < 4.78 is 8.62. The third-order valence-corrected chi connectivity index (χ3v) is 9.55. The number of nitrogens with zero attached hydrogens (tertiary/aromatic N) is 2. The van der Waals surface area contributed by atoms with Gasteiger partial charge in [-0.3, -0.25) is 0 Å². The van der Waals surface area contributed by atoms with Crippen molar-refractivity contribution in [2.75, 3.05) is 4.90 Å². The Kier molecular flexibility index (Phi) is 6.48. The predicted molar refractivity (Wildman–Crippen MR) is 202 cm³/mol. The van der Waals surface area contributed by atoms with Crippen LogP contribution < -0.4 is 4.90 Å². The van der Waals surface area contributed by atoms with Crippen LogP contribution in [-0.4, -0.2) is 4.57 Å². The number of anilines is 3. The molecule has 0 radical (unpaired) electrons. The second kappa shape index (κ2) is 11.0. The first kappa shape index (κ1) is 28.2. The second-order valence-corrected chi connectivity index (χ2v) is 12.9. The van der Waals surface area contributed by atoms with E-state index in [0.717, 1.165) is 50.3 Å². The lowest BCUT2D eigenvalue weighted by Gasteiger charge is -2.26. The molecule has 0 amide bonds. The average molecular weight is 619 g/mol. The van der Waals surface area contributed by atoms with E-state index in [9.17, 15) is 0 Å². The SMILES string of the molecule is Cc1ccc(N(c2cccc(-c3ccccc3-n3c4ccc(C)cc4c4cc(C)ccc43)c2)c2ccc3oc4ccccc4c3c2)cc1. The highest BCUT2D eigenvalue weighted by Gasteiger charge is 2.19. The summed E-state index contributed by atoms with van der Waals surface area (Å²) in [4.78, 5) is 2.35. The molecule has 230 valence electrons. The fraction of sp³-hybridized carbons (Fsp3) is 0.0667. The largest absolute Gasteiger partial charge is 0.456 e. The minimum absolute atomic E-state index is 0.892. The lowest BCUT2D eigenvalue weighted by Crippen LogP contribution is -2.10. The van der Waals surface area contributed by atoms with Gasteiger partial charge in [0.1, 0.15) is 11.2 Å². The van der Waals surface area contributed by atoms with Crippen molar-refractivity contribution in [2.45, 2.75) is 20.8 Å². The number of para-hydroxylation sites is 2. The van der Waals surface area contributed by atoms with Gasteiger partial charge in [0.15, 0.2) is 0 Å². The van der Waals surface area contributed by atoms with E-state index in [-0.39, 0.29) is 0 Å². The van der Waals surface area contributed by atoms with Gasteiger partial charge in [-0.2, -0.15) is 0 Å². The summed E-state index contributed by atoms with van der Waals surface area (Å²) in [5, 5.41) is 4.80. The maximum Gasteiger partial charge on any atom is 0.135 e. The zero-order valence-corrected chi connectivity index (χ0v) is 27.2. The number of benzene rings is 7. The Morgan fingerprint density at radius 3 is 1.83 bits per heavy atom. The molecule has 2 heterocycles. The molecule has 9 aromatic rings. The molecule has 0 N–H and O–H groups in total. The van der Waals surface area contributed by atoms with E-state index in [4.69, 9.17) is 4.42 Å². The molecule has 0 fully saturated rings. The van der Waals surface area contributed by atoms with Crippen molar-refractivity contribution in [1.29, 1.82) is 0 Å². The summed E-state index contributed by atoms with van der Waals surface area (Å²) in [6.07, 6.45) is 0. The van der Waals surface area contributed by atoms with Crippen molar-refractivity contribution in [3.8, 4) is 16.8 Å². The molecule has 0 bridgehead atoms. The van der Waals surface area contributed by atoms with Crippen molar-refractivity contribution in [3.63, 3.8) is 0 Å². The van der Waals surface area contributed by atoms with Gasteiger partial charge in [0, 0.05) is 44.2 Å². The molecule has 0 aliphatic heterocycles. The molecule has 7 aromatic carbocycles. The highest BCUT2D eigenvalue weighted by atomic mass is 16.3. The summed E-state index contributed by atoms with van der Waals surface area (Å²) in [5.74, 6) is 0. The molecule has 3 heteroatoms. The summed E-state index contributed by atoms with van der Waals surface area (Å²) in [5.41, 5.74) is 14.8. The van der Waals surface area contributed by atoms with Gasteiger partial charge in [-0.25, -0.2) is 0 Å². The first-order valence-electron chi connectivity index (χ1n) is 16.5. The highest BCUT2D eigenvalue weighted by Crippen LogP contribution is 2.42. The zero-order valence-electron chi connectivity index (χ0n) is 27.2. The molecule has 9 rings (SSSR count). The van der Waals surface area contributed by atoms with Crippen LogP contribution >= 0.6 is 0 Å². The van der Waals surface area contributed by atoms with Gasteiger partial charge in [0.05, 0.1) is 16.7 Å². The van der Waals surface area contributed by atoms with Gasteiger partial charge in [0.25, 0.3) is 0 Å². The molecule has 0 unspecified atom stereocenters. The van der Waals surface area contributed by atoms with E-state index < -0.39 is 0 Å². The number of furan rings is 1. The maximum absolute atomic E-state index is 6.19. The van der Waals surface area contributed by atoms with Gasteiger partial charge < -0.3 is 13.9 Å². The van der Waals surface area contributed by atoms with Crippen molar-refractivity contribution < 1.29 is 4.42 Å². The molecule has 2 aromatic heterocycles. The summed E-state index contributed by atoms with van der Waals surface area (Å²) >= 11 is 0. The zero-order chi connectivity index (χ0) is 32.4. The minimum atomic E-state index is 0.892. The molecular formula is C45H34N2O. The van der Waals surface area contributed by atoms with Crippen LogP contribution in [0.2, 0.25) is 0 Å². The molecular weight excluding hydrogens is 585 g/mol. The second-order valence-electron chi connectivity index (χ2n) is 12.9. The van der Waals surface area contributed by atoms with Gasteiger partial charge in [-0.1, -0.05) is 89.5 Å². The molecule has 0 aliphatic rings. The molecule has 3 nitrogen and oxygen atoms in total. The van der Waals surface area contributed by atoms with Crippen molar-refractivity contribution in [3.05, 3.63) is 168 Å². The average Bonchev–Trinajstić information content (AvgIpc) is 3.64. The van der Waals surface area contributed by atoms with Crippen LogP contribution in [0.3, 0.4) is 0 Å². The monoisotopic (exact) mass is 618 g/mol. The number of aromatic nitrogens is 1. The predicted octanol–water partition coefficient (Wildman–Crippen LogP) is 12.7. The van der Waals surface area contributed by atoms with Crippen LogP contribution in [0.15, 0.2) is 156 Å². The lowest BCUT2D eigenvalue weighted by atomic mass is 10.0. The van der Waals surface area contributed by atoms with Crippen molar-refractivity contribution in [2.24, 2.45) is 0 Å². The smallest absolute Gasteiger partial charge is 0.135 e. The minimum Gasteiger partial charge on any atom is -0.456 e. The van der Waals surface area contributed by atoms with E-state index >= 15 is 0 Å². The number of hydrogen-bond donors (Lipinski definition) is 0. The fourth-order valence-electron chi connectivity index (χ4n) is 7.23. The Balaban J connectivity index is 1.24. The van der Waals surface area contributed by atoms with Gasteiger partial charge in [0.2, 0.25) is 0 Å². The first-order valence-corrected chi connectivity index (χ1v) is 16.5. The Morgan fingerprint density at radius 2 is 1.06 bits per heavy atom. The standard InChI is InChI=1S/C45H34N2O/c1-29-15-19-33(20-16-29)46(35-21-24-45-40(28-35)37-12-5-7-14-44(37)48-45)34-10-8-9-32(27-34)36-11-4-6-13-41(36)47-42-22-17-30(2)25-38(42)39-26-31(3)18-23-43(39)47/h4-28H,1-3H3.